The maximum Gasteiger partial charge on any atom is 0.222 e. The molecule has 4 heteroatoms. The van der Waals surface area contributed by atoms with Gasteiger partial charge in [-0.3, -0.25) is 14.9 Å². The van der Waals surface area contributed by atoms with Gasteiger partial charge >= 0.3 is 0 Å². The largest absolute Gasteiger partial charge is 0.294 e. The molecule has 0 aliphatic heterocycles. The zero-order chi connectivity index (χ0) is 17.1. The van der Waals surface area contributed by atoms with Crippen LogP contribution in [0.1, 0.15) is 75.6 Å². The van der Waals surface area contributed by atoms with Crippen LogP contribution >= 0.6 is 0 Å². The predicted octanol–water partition coefficient (Wildman–Crippen LogP) is 5.29. The Labute approximate surface area is 139 Å². The van der Waals surface area contributed by atoms with Crippen molar-refractivity contribution in [3.05, 3.63) is 46.0 Å². The van der Waals surface area contributed by atoms with Gasteiger partial charge in [0.25, 0.3) is 0 Å². The van der Waals surface area contributed by atoms with Gasteiger partial charge in [0.05, 0.1) is 6.42 Å². The Hall–Kier alpha value is -1.71. The average Bonchev–Trinajstić information content (AvgIpc) is 2.55. The summed E-state index contributed by atoms with van der Waals surface area (Å²) in [5, 5.41) is 11.3. The lowest BCUT2D eigenvalue weighted by molar-refractivity contribution is -0.530. The second-order valence-corrected chi connectivity index (χ2v) is 6.38. The lowest BCUT2D eigenvalue weighted by atomic mass is 9.90. The van der Waals surface area contributed by atoms with Gasteiger partial charge in [0.2, 0.25) is 6.04 Å². The van der Waals surface area contributed by atoms with E-state index in [0.717, 1.165) is 19.3 Å². The average molecular weight is 319 g/mol. The van der Waals surface area contributed by atoms with Gasteiger partial charge in [0.1, 0.15) is 0 Å². The van der Waals surface area contributed by atoms with Crippen molar-refractivity contribution in [1.29, 1.82) is 0 Å². The third-order valence-corrected chi connectivity index (χ3v) is 4.43. The first-order valence-corrected chi connectivity index (χ1v) is 8.78. The van der Waals surface area contributed by atoms with Crippen LogP contribution in [0.5, 0.6) is 0 Å². The highest BCUT2D eigenvalue weighted by Crippen LogP contribution is 2.20. The summed E-state index contributed by atoms with van der Waals surface area (Å²) in [5.41, 5.74) is 0.561. The van der Waals surface area contributed by atoms with Crippen LogP contribution < -0.4 is 0 Å². The highest BCUT2D eigenvalue weighted by molar-refractivity contribution is 5.96. The Morgan fingerprint density at radius 1 is 1.09 bits per heavy atom. The van der Waals surface area contributed by atoms with E-state index in [4.69, 9.17) is 0 Å². The van der Waals surface area contributed by atoms with E-state index in [1.54, 1.807) is 24.3 Å². The van der Waals surface area contributed by atoms with Crippen molar-refractivity contribution in [3.63, 3.8) is 0 Å². The standard InChI is InChI=1S/C19H29NO3/c1-3-4-5-6-7-9-12-16(2)18(20(22)23)15-19(21)17-13-10-8-11-14-17/h8,10-11,13-14,16,18H,3-7,9,12,15H2,1-2H3. The maximum absolute atomic E-state index is 12.2. The quantitative estimate of drug-likeness (QED) is 0.227. The molecule has 128 valence electrons. The lowest BCUT2D eigenvalue weighted by Crippen LogP contribution is -2.30. The van der Waals surface area contributed by atoms with Crippen LogP contribution in [0.15, 0.2) is 30.3 Å². The van der Waals surface area contributed by atoms with Crippen molar-refractivity contribution in [2.24, 2.45) is 5.92 Å². The molecule has 1 aromatic rings. The molecule has 0 heterocycles. The molecule has 0 aromatic heterocycles. The Balaban J connectivity index is 2.44. The third kappa shape index (κ3) is 7.40. The van der Waals surface area contributed by atoms with Crippen LogP contribution in [0.4, 0.5) is 0 Å². The molecule has 0 bridgehead atoms. The van der Waals surface area contributed by atoms with Crippen LogP contribution in [-0.2, 0) is 0 Å². The molecule has 0 radical (unpaired) electrons. The fourth-order valence-corrected chi connectivity index (χ4v) is 2.85. The van der Waals surface area contributed by atoms with E-state index in [0.29, 0.717) is 5.56 Å². The Kier molecular flexibility index (Phi) is 9.18. The molecule has 2 atom stereocenters. The molecule has 1 rings (SSSR count). The van der Waals surface area contributed by atoms with Gasteiger partial charge in [0, 0.05) is 16.4 Å². The highest BCUT2D eigenvalue weighted by Gasteiger charge is 2.30. The molecule has 0 N–H and O–H groups in total. The smallest absolute Gasteiger partial charge is 0.222 e. The van der Waals surface area contributed by atoms with Gasteiger partial charge in [0.15, 0.2) is 5.78 Å². The van der Waals surface area contributed by atoms with E-state index in [1.165, 1.54) is 25.7 Å². The normalized spacial score (nSPS) is 13.5. The molecule has 0 spiro atoms. The molecule has 0 saturated carbocycles. The van der Waals surface area contributed by atoms with E-state index in [2.05, 4.69) is 6.92 Å². The second-order valence-electron chi connectivity index (χ2n) is 6.38. The summed E-state index contributed by atoms with van der Waals surface area (Å²) < 4.78 is 0. The number of hydrogen-bond donors (Lipinski definition) is 0. The van der Waals surface area contributed by atoms with E-state index < -0.39 is 6.04 Å². The van der Waals surface area contributed by atoms with E-state index in [-0.39, 0.29) is 23.0 Å². The molecular weight excluding hydrogens is 290 g/mol. The summed E-state index contributed by atoms with van der Waals surface area (Å²) >= 11 is 0. The van der Waals surface area contributed by atoms with Crippen molar-refractivity contribution >= 4 is 5.78 Å². The van der Waals surface area contributed by atoms with Gasteiger partial charge in [-0.2, -0.15) is 0 Å². The maximum atomic E-state index is 12.2. The zero-order valence-corrected chi connectivity index (χ0v) is 14.4. The number of nitro groups is 1. The number of rotatable bonds is 12. The Bertz CT molecular complexity index is 473. The monoisotopic (exact) mass is 319 g/mol. The van der Waals surface area contributed by atoms with Crippen molar-refractivity contribution in [2.75, 3.05) is 0 Å². The first kappa shape index (κ1) is 19.3. The first-order chi connectivity index (χ1) is 11.1. The van der Waals surface area contributed by atoms with Crippen LogP contribution in [0.2, 0.25) is 0 Å². The topological polar surface area (TPSA) is 60.2 Å². The van der Waals surface area contributed by atoms with Gasteiger partial charge in [-0.1, -0.05) is 82.7 Å². The second kappa shape index (κ2) is 10.9. The molecular formula is C19H29NO3. The van der Waals surface area contributed by atoms with Crippen LogP contribution in [0.25, 0.3) is 0 Å². The number of unbranched alkanes of at least 4 members (excludes halogenated alkanes) is 5. The summed E-state index contributed by atoms with van der Waals surface area (Å²) in [5.74, 6) is -0.203. The molecule has 0 saturated heterocycles. The van der Waals surface area contributed by atoms with Gasteiger partial charge in [-0.25, -0.2) is 0 Å². The van der Waals surface area contributed by atoms with Crippen LogP contribution in [-0.4, -0.2) is 16.7 Å². The van der Waals surface area contributed by atoms with E-state index in [9.17, 15) is 14.9 Å². The Morgan fingerprint density at radius 3 is 2.30 bits per heavy atom. The van der Waals surface area contributed by atoms with Crippen molar-refractivity contribution in [3.8, 4) is 0 Å². The molecule has 0 aliphatic rings. The van der Waals surface area contributed by atoms with Gasteiger partial charge in [-0.15, -0.1) is 0 Å². The fourth-order valence-electron chi connectivity index (χ4n) is 2.85. The number of benzene rings is 1. The zero-order valence-electron chi connectivity index (χ0n) is 14.4. The molecule has 2 unspecified atom stereocenters. The summed E-state index contributed by atoms with van der Waals surface area (Å²) in [7, 11) is 0. The van der Waals surface area contributed by atoms with Crippen molar-refractivity contribution < 1.29 is 9.72 Å². The van der Waals surface area contributed by atoms with E-state index >= 15 is 0 Å². The van der Waals surface area contributed by atoms with Crippen molar-refractivity contribution in [2.45, 2.75) is 71.3 Å². The van der Waals surface area contributed by atoms with Gasteiger partial charge in [-0.05, 0) is 6.42 Å². The number of ketones is 1. The minimum atomic E-state index is -0.779. The Morgan fingerprint density at radius 2 is 1.70 bits per heavy atom. The van der Waals surface area contributed by atoms with Gasteiger partial charge < -0.3 is 0 Å². The molecule has 0 amide bonds. The van der Waals surface area contributed by atoms with Crippen LogP contribution in [0.3, 0.4) is 0 Å². The summed E-state index contributed by atoms with van der Waals surface area (Å²) in [6.45, 7) is 4.09. The number of nitrogens with zero attached hydrogens (tertiary/aromatic N) is 1. The predicted molar refractivity (Wildman–Crippen MR) is 93.3 cm³/mol. The summed E-state index contributed by atoms with van der Waals surface area (Å²) in [6, 6.07) is 8.07. The summed E-state index contributed by atoms with van der Waals surface area (Å²) in [4.78, 5) is 23.3. The molecule has 23 heavy (non-hydrogen) atoms. The lowest BCUT2D eigenvalue weighted by Gasteiger charge is -2.16. The van der Waals surface area contributed by atoms with E-state index in [1.807, 2.05) is 13.0 Å². The van der Waals surface area contributed by atoms with Crippen molar-refractivity contribution in [1.82, 2.24) is 0 Å². The first-order valence-electron chi connectivity index (χ1n) is 8.78. The molecule has 4 nitrogen and oxygen atoms in total. The number of carbonyl (C=O) groups excluding carboxylic acids is 1. The number of hydrogen-bond acceptors (Lipinski definition) is 3. The SMILES string of the molecule is CCCCCCCCC(C)C(CC(=O)c1ccccc1)[N+](=O)[O-]. The highest BCUT2D eigenvalue weighted by atomic mass is 16.6. The summed E-state index contributed by atoms with van der Waals surface area (Å²) in [6.07, 6.45) is 7.88. The molecule has 0 fully saturated rings. The molecule has 0 aliphatic carbocycles. The number of Topliss-reactive ketones (excluding diaryl/α,β-unsaturated/α-hetero) is 1. The minimum absolute atomic E-state index is 0.00594. The fraction of sp³-hybridized carbons (Fsp3) is 0.632. The van der Waals surface area contributed by atoms with Crippen LogP contribution in [0, 0.1) is 16.0 Å². The third-order valence-electron chi connectivity index (χ3n) is 4.43. The minimum Gasteiger partial charge on any atom is -0.294 e. The molecule has 1 aromatic carbocycles. The number of carbonyl (C=O) groups is 1.